The Balaban J connectivity index is 1.24. The smallest absolute Gasteiger partial charge is 0.308 e. The first kappa shape index (κ1) is 45.0. The molecule has 346 valence electrons. The number of para-hydroxylation sites is 1. The minimum atomic E-state index is -5.14. The summed E-state index contributed by atoms with van der Waals surface area (Å²) in [4.78, 5) is 4.77. The van der Waals surface area contributed by atoms with Crippen molar-refractivity contribution in [1.82, 2.24) is 14.1 Å². The zero-order valence-electron chi connectivity index (χ0n) is 35.5. The molecule has 9 aromatic rings. The van der Waals surface area contributed by atoms with Crippen LogP contribution >= 0.6 is 0 Å². The number of aryl methyl sites for hydroxylation is 2. The van der Waals surface area contributed by atoms with Crippen molar-refractivity contribution in [2.24, 2.45) is 0 Å². The second-order valence-corrected chi connectivity index (χ2v) is 16.6. The van der Waals surface area contributed by atoms with Gasteiger partial charge < -0.3 is 9.13 Å². The summed E-state index contributed by atoms with van der Waals surface area (Å²) in [6, 6.07) is 29.9. The van der Waals surface area contributed by atoms with Gasteiger partial charge in [-0.05, 0) is 133 Å². The van der Waals surface area contributed by atoms with Crippen LogP contribution < -0.4 is 0 Å². The third-order valence-electron chi connectivity index (χ3n) is 12.4. The fourth-order valence-electron chi connectivity index (χ4n) is 9.41. The van der Waals surface area contributed by atoms with E-state index in [1.165, 1.54) is 30.3 Å². The van der Waals surface area contributed by atoms with E-state index in [9.17, 15) is 57.9 Å². The SMILES string of the molecule is Cc1cccc(-c2cc(-n3c4c(c5cc(-c6ccc(C(F)(F)F)cc6C(F)(F)F)ccc53)CCC=C4)c(C#N)c(-n3c4ccccc4c4cc(-c5ccc(C(F)(F)F)cc5C(F)(F)F)ccc43)c2)n1. The summed E-state index contributed by atoms with van der Waals surface area (Å²) in [6.07, 6.45) is -15.6. The maximum Gasteiger partial charge on any atom is 0.417 e. The van der Waals surface area contributed by atoms with Gasteiger partial charge in [0.05, 0.1) is 55.9 Å². The van der Waals surface area contributed by atoms with E-state index in [1.54, 1.807) is 76.7 Å². The minimum absolute atomic E-state index is 0.0133. The standard InChI is InChI=1S/C53H30F12N4/c1-28-7-6-10-43(67-28)31-23-48(68-44-11-4-2-8-36(44)38-21-29(13-19-46(38)68)34-17-15-32(50(54,55)56)25-41(34)52(60,61)62)40(27-66)49(24-31)69-45-12-5-3-9-37(45)39-22-30(14-20-47(39)69)35-18-16-33(51(57,58)59)26-42(35)53(63,64)65/h2,4-8,10-26H,3,9H2,1H3. The van der Waals surface area contributed by atoms with E-state index in [2.05, 4.69) is 6.07 Å². The number of rotatable bonds is 5. The number of nitrogens with zero attached hydrogens (tertiary/aromatic N) is 4. The van der Waals surface area contributed by atoms with Gasteiger partial charge in [-0.2, -0.15) is 57.9 Å². The Morgan fingerprint density at radius 1 is 0.522 bits per heavy atom. The monoisotopic (exact) mass is 950 g/mol. The van der Waals surface area contributed by atoms with Gasteiger partial charge in [-0.25, -0.2) is 0 Å². The number of fused-ring (bicyclic) bond motifs is 6. The molecule has 6 aromatic carbocycles. The Labute approximate surface area is 383 Å². The normalized spacial score (nSPS) is 13.4. The van der Waals surface area contributed by atoms with Crippen LogP contribution in [0.3, 0.4) is 0 Å². The van der Waals surface area contributed by atoms with E-state index in [0.29, 0.717) is 97.3 Å². The molecular formula is C53H30F12N4. The van der Waals surface area contributed by atoms with Crippen LogP contribution in [0.5, 0.6) is 0 Å². The average molecular weight is 951 g/mol. The van der Waals surface area contributed by atoms with E-state index < -0.39 is 58.1 Å². The molecule has 0 aliphatic heterocycles. The molecule has 0 atom stereocenters. The lowest BCUT2D eigenvalue weighted by Crippen LogP contribution is -2.12. The van der Waals surface area contributed by atoms with Crippen molar-refractivity contribution >= 4 is 38.8 Å². The summed E-state index contributed by atoms with van der Waals surface area (Å²) in [7, 11) is 0. The number of benzene rings is 6. The number of pyridine rings is 1. The molecule has 1 aliphatic carbocycles. The fourth-order valence-corrected chi connectivity index (χ4v) is 9.41. The first-order chi connectivity index (χ1) is 32.6. The van der Waals surface area contributed by atoms with Crippen LogP contribution in [0.2, 0.25) is 0 Å². The summed E-state index contributed by atoms with van der Waals surface area (Å²) in [5, 5.41) is 12.8. The zero-order chi connectivity index (χ0) is 48.9. The van der Waals surface area contributed by atoms with E-state index in [4.69, 9.17) is 4.98 Å². The predicted octanol–water partition coefficient (Wildman–Crippen LogP) is 16.3. The highest BCUT2D eigenvalue weighted by Crippen LogP contribution is 2.47. The molecule has 69 heavy (non-hydrogen) atoms. The van der Waals surface area contributed by atoms with Crippen molar-refractivity contribution in [3.05, 3.63) is 178 Å². The number of nitriles is 1. The van der Waals surface area contributed by atoms with Gasteiger partial charge in [0.2, 0.25) is 0 Å². The first-order valence-electron chi connectivity index (χ1n) is 21.1. The van der Waals surface area contributed by atoms with Gasteiger partial charge in [-0.3, -0.25) is 4.98 Å². The number of alkyl halides is 12. The molecule has 0 radical (unpaired) electrons. The molecule has 0 unspecified atom stereocenters. The topological polar surface area (TPSA) is 46.5 Å². The molecule has 4 nitrogen and oxygen atoms in total. The Kier molecular flexibility index (Phi) is 10.4. The van der Waals surface area contributed by atoms with E-state index in [-0.39, 0.29) is 28.8 Å². The summed E-state index contributed by atoms with van der Waals surface area (Å²) < 4.78 is 172. The summed E-state index contributed by atoms with van der Waals surface area (Å²) in [5.74, 6) is 0. The number of hydrogen-bond acceptors (Lipinski definition) is 2. The van der Waals surface area contributed by atoms with E-state index in [0.717, 1.165) is 12.1 Å². The van der Waals surface area contributed by atoms with Crippen molar-refractivity contribution in [2.75, 3.05) is 0 Å². The molecule has 0 saturated heterocycles. The first-order valence-corrected chi connectivity index (χ1v) is 21.1. The summed E-state index contributed by atoms with van der Waals surface area (Å²) in [5.41, 5.74) is -1.63. The minimum Gasteiger partial charge on any atom is -0.308 e. The van der Waals surface area contributed by atoms with E-state index in [1.807, 2.05) is 12.2 Å². The molecule has 3 heterocycles. The highest BCUT2D eigenvalue weighted by molar-refractivity contribution is 6.11. The largest absolute Gasteiger partial charge is 0.417 e. The quantitative estimate of drug-likeness (QED) is 0.161. The second-order valence-electron chi connectivity index (χ2n) is 16.6. The number of aromatic nitrogens is 3. The van der Waals surface area contributed by atoms with Crippen LogP contribution in [-0.4, -0.2) is 14.1 Å². The molecule has 16 heteroatoms. The summed E-state index contributed by atoms with van der Waals surface area (Å²) >= 11 is 0. The third kappa shape index (κ3) is 7.75. The Hall–Kier alpha value is -7.80. The van der Waals surface area contributed by atoms with Gasteiger partial charge in [0.15, 0.2) is 0 Å². The highest BCUT2D eigenvalue weighted by atomic mass is 19.4. The third-order valence-corrected chi connectivity index (χ3v) is 12.4. The Bertz CT molecular complexity index is 3650. The van der Waals surface area contributed by atoms with Crippen LogP contribution in [0, 0.1) is 18.3 Å². The lowest BCUT2D eigenvalue weighted by atomic mass is 9.94. The Morgan fingerprint density at radius 3 is 1.64 bits per heavy atom. The molecule has 0 N–H and O–H groups in total. The van der Waals surface area contributed by atoms with E-state index >= 15 is 0 Å². The van der Waals surface area contributed by atoms with Crippen molar-refractivity contribution in [3.8, 4) is 51.0 Å². The molecule has 0 bridgehead atoms. The second kappa shape index (κ2) is 15.9. The van der Waals surface area contributed by atoms with Gasteiger partial charge in [0.25, 0.3) is 0 Å². The predicted molar refractivity (Wildman–Crippen MR) is 239 cm³/mol. The van der Waals surface area contributed by atoms with Crippen LogP contribution in [0.25, 0.3) is 83.7 Å². The molecule has 3 aromatic heterocycles. The molecule has 0 saturated carbocycles. The van der Waals surface area contributed by atoms with Crippen molar-refractivity contribution < 1.29 is 52.7 Å². The molecule has 0 amide bonds. The van der Waals surface area contributed by atoms with Crippen LogP contribution in [0.1, 0.15) is 51.2 Å². The van der Waals surface area contributed by atoms with Crippen molar-refractivity contribution in [3.63, 3.8) is 0 Å². The molecule has 10 rings (SSSR count). The van der Waals surface area contributed by atoms with Gasteiger partial charge >= 0.3 is 24.7 Å². The van der Waals surface area contributed by atoms with Crippen molar-refractivity contribution in [1.29, 1.82) is 5.26 Å². The van der Waals surface area contributed by atoms with Crippen LogP contribution in [0.4, 0.5) is 52.7 Å². The average Bonchev–Trinajstić information content (AvgIpc) is 3.81. The van der Waals surface area contributed by atoms with Crippen LogP contribution in [-0.2, 0) is 31.1 Å². The highest BCUT2D eigenvalue weighted by Gasteiger charge is 2.40. The lowest BCUT2D eigenvalue weighted by Gasteiger charge is -2.19. The molecule has 0 spiro atoms. The van der Waals surface area contributed by atoms with Crippen LogP contribution in [0.15, 0.2) is 133 Å². The maximum atomic E-state index is 14.5. The number of allylic oxidation sites excluding steroid dienone is 1. The number of halogens is 12. The Morgan fingerprint density at radius 2 is 1.07 bits per heavy atom. The van der Waals surface area contributed by atoms with Gasteiger partial charge in [-0.1, -0.05) is 54.6 Å². The number of hydrogen-bond donors (Lipinski definition) is 0. The molecule has 1 aliphatic rings. The summed E-state index contributed by atoms with van der Waals surface area (Å²) in [6.45, 7) is 1.79. The zero-order valence-corrected chi connectivity index (χ0v) is 35.5. The van der Waals surface area contributed by atoms with Gasteiger partial charge in [0.1, 0.15) is 11.6 Å². The van der Waals surface area contributed by atoms with Gasteiger partial charge in [0, 0.05) is 33.1 Å². The van der Waals surface area contributed by atoms with Crippen molar-refractivity contribution in [2.45, 2.75) is 44.5 Å². The maximum absolute atomic E-state index is 14.5. The fraction of sp³-hybridized carbons (Fsp3) is 0.132. The molecular weight excluding hydrogens is 921 g/mol. The lowest BCUT2D eigenvalue weighted by molar-refractivity contribution is -0.144. The molecule has 0 fully saturated rings. The van der Waals surface area contributed by atoms with Gasteiger partial charge in [-0.15, -0.1) is 0 Å².